The third-order valence-electron chi connectivity index (χ3n) is 5.30. The van der Waals surface area contributed by atoms with Crippen molar-refractivity contribution in [3.8, 4) is 5.88 Å². The molecule has 3 aromatic rings. The predicted octanol–water partition coefficient (Wildman–Crippen LogP) is 4.85. The Hall–Kier alpha value is -4.20. The normalized spacial score (nSPS) is 14.2. The summed E-state index contributed by atoms with van der Waals surface area (Å²) in [6.07, 6.45) is -8.63. The van der Waals surface area contributed by atoms with Gasteiger partial charge in [-0.1, -0.05) is 0 Å². The molecular formula is C21H16F6N8O2S. The molecule has 1 saturated heterocycles. The number of urea groups is 1. The first kappa shape index (κ1) is 26.9. The number of aromatic nitrogens is 4. The van der Waals surface area contributed by atoms with E-state index in [1.165, 1.54) is 11.1 Å². The van der Waals surface area contributed by atoms with E-state index in [2.05, 4.69) is 28.9 Å². The standard InChI is InChI=1S/C21H16F6N8O2S/c1-28-18-29-3-2-14(30-18)11-37-17-16(32-38-33-17)34-4-6-35(7-5-34)19(36)31-15-9-12(20(22,23)24)8-13(10-15)21(25,26)27/h2-3,8-10H,4-7,11H2,(H,31,36). The maximum atomic E-state index is 13.1. The van der Waals surface area contributed by atoms with Crippen molar-refractivity contribution in [1.82, 2.24) is 23.6 Å². The van der Waals surface area contributed by atoms with Crippen LogP contribution in [-0.2, 0) is 19.0 Å². The largest absolute Gasteiger partial charge is 0.466 e. The number of hydrogen-bond donors (Lipinski definition) is 1. The first-order valence-corrected chi connectivity index (χ1v) is 11.4. The van der Waals surface area contributed by atoms with Crippen LogP contribution in [0.1, 0.15) is 16.8 Å². The van der Waals surface area contributed by atoms with Crippen molar-refractivity contribution in [1.29, 1.82) is 0 Å². The first-order chi connectivity index (χ1) is 17.9. The van der Waals surface area contributed by atoms with E-state index in [0.29, 0.717) is 23.6 Å². The van der Waals surface area contributed by atoms with Gasteiger partial charge in [-0.3, -0.25) is 0 Å². The molecule has 1 aliphatic rings. The molecule has 0 bridgehead atoms. The van der Waals surface area contributed by atoms with E-state index >= 15 is 0 Å². The van der Waals surface area contributed by atoms with Gasteiger partial charge in [0.25, 0.3) is 5.88 Å². The van der Waals surface area contributed by atoms with Crippen molar-refractivity contribution in [3.05, 3.63) is 58.7 Å². The van der Waals surface area contributed by atoms with Crippen LogP contribution in [-0.4, -0.2) is 55.8 Å². The summed E-state index contributed by atoms with van der Waals surface area (Å²) in [5.41, 5.74) is -3.22. The monoisotopic (exact) mass is 558 g/mol. The lowest BCUT2D eigenvalue weighted by Gasteiger charge is -2.34. The lowest BCUT2D eigenvalue weighted by atomic mass is 10.1. The van der Waals surface area contributed by atoms with Crippen LogP contribution >= 0.6 is 11.7 Å². The average molecular weight is 558 g/mol. The van der Waals surface area contributed by atoms with Crippen molar-refractivity contribution < 1.29 is 35.9 Å². The molecule has 200 valence electrons. The second kappa shape index (κ2) is 10.7. The first-order valence-electron chi connectivity index (χ1n) is 10.7. The second-order valence-corrected chi connectivity index (χ2v) is 8.37. The van der Waals surface area contributed by atoms with Crippen LogP contribution in [0.15, 0.2) is 30.5 Å². The van der Waals surface area contributed by atoms with Crippen molar-refractivity contribution in [2.24, 2.45) is 0 Å². The van der Waals surface area contributed by atoms with Gasteiger partial charge in [0.15, 0.2) is 0 Å². The number of halogens is 6. The summed E-state index contributed by atoms with van der Waals surface area (Å²) in [5, 5.41) is 2.13. The van der Waals surface area contributed by atoms with Crippen LogP contribution in [0.3, 0.4) is 0 Å². The van der Waals surface area contributed by atoms with Crippen LogP contribution in [0.4, 0.5) is 48.6 Å². The number of hydrogen-bond acceptors (Lipinski definition) is 8. The Labute approximate surface area is 215 Å². The number of amides is 2. The number of carbonyl (C=O) groups excluding carboxylic acids is 1. The molecule has 17 heteroatoms. The molecule has 4 rings (SSSR count). The highest BCUT2D eigenvalue weighted by Gasteiger charge is 2.37. The molecule has 0 radical (unpaired) electrons. The molecule has 10 nitrogen and oxygen atoms in total. The minimum absolute atomic E-state index is 0.00271. The summed E-state index contributed by atoms with van der Waals surface area (Å²) in [6.45, 7) is 7.68. The third-order valence-corrected chi connectivity index (χ3v) is 5.81. The van der Waals surface area contributed by atoms with E-state index in [0.717, 1.165) is 11.7 Å². The molecule has 2 aromatic heterocycles. The third kappa shape index (κ3) is 6.37. The van der Waals surface area contributed by atoms with E-state index < -0.39 is 35.2 Å². The van der Waals surface area contributed by atoms with Crippen LogP contribution in [0.5, 0.6) is 5.88 Å². The van der Waals surface area contributed by atoms with E-state index in [9.17, 15) is 31.1 Å². The van der Waals surface area contributed by atoms with Gasteiger partial charge >= 0.3 is 24.3 Å². The van der Waals surface area contributed by atoms with Crippen molar-refractivity contribution >= 4 is 35.2 Å². The molecular weight excluding hydrogens is 542 g/mol. The molecule has 0 atom stereocenters. The number of piperazine rings is 1. The maximum Gasteiger partial charge on any atom is 0.416 e. The molecule has 2 amide bonds. The summed E-state index contributed by atoms with van der Waals surface area (Å²) in [5.74, 6) is 0.582. The highest BCUT2D eigenvalue weighted by Crippen LogP contribution is 2.37. The summed E-state index contributed by atoms with van der Waals surface area (Å²) >= 11 is 0.893. The predicted molar refractivity (Wildman–Crippen MR) is 122 cm³/mol. The van der Waals surface area contributed by atoms with Gasteiger partial charge in [0.05, 0.1) is 29.1 Å². The molecule has 38 heavy (non-hydrogen) atoms. The Morgan fingerprint density at radius 2 is 1.71 bits per heavy atom. The molecule has 3 heterocycles. The van der Waals surface area contributed by atoms with Crippen molar-refractivity contribution in [3.63, 3.8) is 0 Å². The Morgan fingerprint density at radius 3 is 2.32 bits per heavy atom. The highest BCUT2D eigenvalue weighted by atomic mass is 32.1. The molecule has 0 aliphatic carbocycles. The van der Waals surface area contributed by atoms with E-state index in [4.69, 9.17) is 11.3 Å². The van der Waals surface area contributed by atoms with E-state index in [-0.39, 0.29) is 50.7 Å². The maximum absolute atomic E-state index is 13.1. The number of ether oxygens (including phenoxy) is 1. The molecule has 0 saturated carbocycles. The summed E-state index contributed by atoms with van der Waals surface area (Å²) in [7, 11) is 0. The molecule has 1 fully saturated rings. The van der Waals surface area contributed by atoms with Gasteiger partial charge < -0.3 is 24.7 Å². The minimum Gasteiger partial charge on any atom is -0.466 e. The number of nitrogens with one attached hydrogen (secondary N) is 1. The van der Waals surface area contributed by atoms with Crippen molar-refractivity contribution in [2.75, 3.05) is 36.4 Å². The van der Waals surface area contributed by atoms with E-state index in [1.807, 2.05) is 0 Å². The lowest BCUT2D eigenvalue weighted by Crippen LogP contribution is -2.50. The fraction of sp³-hybridized carbons (Fsp3) is 0.333. The van der Waals surface area contributed by atoms with Gasteiger partial charge in [-0.2, -0.15) is 40.7 Å². The van der Waals surface area contributed by atoms with Gasteiger partial charge in [0, 0.05) is 37.9 Å². The minimum atomic E-state index is -5.03. The van der Waals surface area contributed by atoms with Gasteiger partial charge in [-0.25, -0.2) is 4.79 Å². The molecule has 1 N–H and O–H groups in total. The van der Waals surface area contributed by atoms with Crippen LogP contribution in [0.2, 0.25) is 0 Å². The fourth-order valence-corrected chi connectivity index (χ4v) is 3.99. The average Bonchev–Trinajstić information content (AvgIpc) is 3.35. The molecule has 1 aromatic carbocycles. The summed E-state index contributed by atoms with van der Waals surface area (Å²) in [6, 6.07) is 1.63. The van der Waals surface area contributed by atoms with E-state index in [1.54, 1.807) is 11.0 Å². The summed E-state index contributed by atoms with van der Waals surface area (Å²) < 4.78 is 92.5. The van der Waals surface area contributed by atoms with Gasteiger partial charge in [0.2, 0.25) is 5.82 Å². The van der Waals surface area contributed by atoms with Gasteiger partial charge in [-0.15, -0.1) is 10.9 Å². The number of carbonyl (C=O) groups is 1. The van der Waals surface area contributed by atoms with Gasteiger partial charge in [-0.05, 0) is 18.2 Å². The quantitative estimate of drug-likeness (QED) is 0.353. The zero-order chi connectivity index (χ0) is 27.5. The number of anilines is 2. The lowest BCUT2D eigenvalue weighted by molar-refractivity contribution is -0.143. The zero-order valence-electron chi connectivity index (χ0n) is 19.0. The molecule has 0 unspecified atom stereocenters. The highest BCUT2D eigenvalue weighted by molar-refractivity contribution is 6.99. The second-order valence-electron chi connectivity index (χ2n) is 7.84. The number of alkyl halides is 6. The van der Waals surface area contributed by atoms with Crippen LogP contribution in [0.25, 0.3) is 4.85 Å². The molecule has 0 spiro atoms. The van der Waals surface area contributed by atoms with Crippen LogP contribution in [0, 0.1) is 6.57 Å². The number of rotatable bonds is 5. The zero-order valence-corrected chi connectivity index (χ0v) is 19.9. The number of benzene rings is 1. The molecule has 1 aliphatic heterocycles. The Balaban J connectivity index is 1.38. The fourth-order valence-electron chi connectivity index (χ4n) is 3.47. The SMILES string of the molecule is [C-]#[N+]c1nccc(COc2nsnc2N2CCN(C(=O)Nc3cc(C(F)(F)F)cc(C(F)(F)F)c3)CC2)n1. The Bertz CT molecular complexity index is 1320. The Kier molecular flexibility index (Phi) is 7.53. The topological polar surface area (TPSA) is 101 Å². The smallest absolute Gasteiger partial charge is 0.416 e. The van der Waals surface area contributed by atoms with Gasteiger partial charge in [0.1, 0.15) is 12.3 Å². The summed E-state index contributed by atoms with van der Waals surface area (Å²) in [4.78, 5) is 26.6. The van der Waals surface area contributed by atoms with Crippen LogP contribution < -0.4 is 15.0 Å². The Morgan fingerprint density at radius 1 is 1.05 bits per heavy atom. The number of nitrogens with zero attached hydrogens (tertiary/aromatic N) is 7. The van der Waals surface area contributed by atoms with Crippen molar-refractivity contribution in [2.45, 2.75) is 19.0 Å².